The summed E-state index contributed by atoms with van der Waals surface area (Å²) in [6, 6.07) is 12.2. The summed E-state index contributed by atoms with van der Waals surface area (Å²) in [5, 5.41) is -0.527. The second-order valence-electron chi connectivity index (χ2n) is 7.62. The van der Waals surface area contributed by atoms with E-state index in [4.69, 9.17) is 8.92 Å². The Morgan fingerprint density at radius 1 is 1.06 bits per heavy atom. The van der Waals surface area contributed by atoms with E-state index in [1.54, 1.807) is 29.2 Å². The van der Waals surface area contributed by atoms with Crippen molar-refractivity contribution in [1.82, 2.24) is 9.80 Å². The Morgan fingerprint density at radius 3 is 2.44 bits per heavy atom. The van der Waals surface area contributed by atoms with Crippen LogP contribution in [-0.2, 0) is 19.7 Å². The van der Waals surface area contributed by atoms with Crippen LogP contribution in [0.2, 0.25) is 0 Å². The lowest BCUT2D eigenvalue weighted by molar-refractivity contribution is -0.135. The molecular weight excluding hydrogens is 480 g/mol. The van der Waals surface area contributed by atoms with E-state index in [1.165, 1.54) is 37.5 Å². The van der Waals surface area contributed by atoms with Crippen molar-refractivity contribution in [3.8, 4) is 11.5 Å². The highest BCUT2D eigenvalue weighted by Gasteiger charge is 2.37. The van der Waals surface area contributed by atoms with Crippen molar-refractivity contribution in [2.75, 3.05) is 26.7 Å². The quantitative estimate of drug-likeness (QED) is 0.420. The van der Waals surface area contributed by atoms with Gasteiger partial charge < -0.3 is 13.8 Å². The highest BCUT2D eigenvalue weighted by Crippen LogP contribution is 2.35. The molecule has 178 valence electrons. The molecule has 0 bridgehead atoms. The minimum absolute atomic E-state index is 0.0220. The highest BCUT2D eigenvalue weighted by atomic mass is 32.2. The zero-order valence-corrected chi connectivity index (χ0v) is 19.9. The van der Waals surface area contributed by atoms with Crippen molar-refractivity contribution >= 4 is 45.0 Å². The Hall–Kier alpha value is -3.31. The van der Waals surface area contributed by atoms with Crippen molar-refractivity contribution in [2.45, 2.75) is 17.7 Å². The van der Waals surface area contributed by atoms with Gasteiger partial charge in [-0.2, -0.15) is 8.42 Å². The van der Waals surface area contributed by atoms with Gasteiger partial charge in [-0.3, -0.25) is 19.3 Å². The van der Waals surface area contributed by atoms with Gasteiger partial charge in [0.2, 0.25) is 5.91 Å². The molecule has 2 saturated heterocycles. The van der Waals surface area contributed by atoms with Crippen molar-refractivity contribution in [3.63, 3.8) is 0 Å². The molecule has 3 amide bonds. The number of ether oxygens (including phenoxy) is 1. The topological polar surface area (TPSA) is 110 Å². The molecule has 0 aliphatic carbocycles. The number of nitrogens with zero attached hydrogens (tertiary/aromatic N) is 2. The zero-order chi connectivity index (χ0) is 24.3. The van der Waals surface area contributed by atoms with Gasteiger partial charge in [0.05, 0.1) is 12.0 Å². The first-order chi connectivity index (χ1) is 16.3. The molecule has 0 unspecified atom stereocenters. The molecule has 2 aliphatic heterocycles. The van der Waals surface area contributed by atoms with Gasteiger partial charge in [0.25, 0.3) is 11.1 Å². The zero-order valence-electron chi connectivity index (χ0n) is 18.3. The number of carbonyl (C=O) groups is 3. The molecule has 34 heavy (non-hydrogen) atoms. The normalized spacial score (nSPS) is 17.5. The van der Waals surface area contributed by atoms with Gasteiger partial charge in [-0.1, -0.05) is 24.3 Å². The summed E-state index contributed by atoms with van der Waals surface area (Å²) in [7, 11) is -2.74. The molecule has 11 heteroatoms. The van der Waals surface area contributed by atoms with E-state index in [-0.39, 0.29) is 33.8 Å². The van der Waals surface area contributed by atoms with Crippen LogP contribution >= 0.6 is 11.8 Å². The number of amides is 3. The summed E-state index contributed by atoms with van der Waals surface area (Å²) < 4.78 is 35.8. The molecule has 2 aromatic carbocycles. The largest absolute Gasteiger partial charge is 0.493 e. The van der Waals surface area contributed by atoms with Crippen molar-refractivity contribution in [1.29, 1.82) is 0 Å². The van der Waals surface area contributed by atoms with E-state index in [1.807, 2.05) is 0 Å². The standard InChI is InChI=1S/C23H22N2O7S2/c1-31-18-10-9-16(13-19(18)32-34(29,30)17-7-3-2-4-8-17)14-20-22(27)25(23(28)33-20)15-21(26)24-11-5-6-12-24/h2-4,7-10,13-14H,5-6,11-12,15H2,1H3/b20-14-. The maximum Gasteiger partial charge on any atom is 0.339 e. The average Bonchev–Trinajstić information content (AvgIpc) is 3.45. The molecule has 0 aromatic heterocycles. The molecule has 2 aliphatic rings. The number of methoxy groups -OCH3 is 1. The Bertz CT molecular complexity index is 1250. The number of imide groups is 1. The van der Waals surface area contributed by atoms with E-state index < -0.39 is 21.3 Å². The summed E-state index contributed by atoms with van der Waals surface area (Å²) >= 11 is 0.724. The fourth-order valence-corrected chi connectivity index (χ4v) is 5.38. The molecule has 2 aromatic rings. The molecule has 0 spiro atoms. The lowest BCUT2D eigenvalue weighted by atomic mass is 10.2. The number of likely N-dealkylation sites (tertiary alicyclic amines) is 1. The van der Waals surface area contributed by atoms with Crippen molar-refractivity contribution in [3.05, 3.63) is 59.0 Å². The molecule has 2 fully saturated rings. The number of hydrogen-bond acceptors (Lipinski definition) is 8. The van der Waals surface area contributed by atoms with Gasteiger partial charge in [0.15, 0.2) is 11.5 Å². The number of carbonyl (C=O) groups excluding carboxylic acids is 3. The lowest BCUT2D eigenvalue weighted by Crippen LogP contribution is -2.40. The van der Waals surface area contributed by atoms with Crippen LogP contribution in [-0.4, -0.2) is 62.0 Å². The monoisotopic (exact) mass is 502 g/mol. The molecule has 0 radical (unpaired) electrons. The van der Waals surface area contributed by atoms with Crippen LogP contribution in [0.1, 0.15) is 18.4 Å². The summed E-state index contributed by atoms with van der Waals surface area (Å²) in [6.07, 6.45) is 3.28. The van der Waals surface area contributed by atoms with Crippen LogP contribution in [0.4, 0.5) is 4.79 Å². The number of thioether (sulfide) groups is 1. The number of benzene rings is 2. The summed E-state index contributed by atoms with van der Waals surface area (Å²) in [5.41, 5.74) is 0.426. The lowest BCUT2D eigenvalue weighted by Gasteiger charge is -2.18. The Kier molecular flexibility index (Phi) is 6.94. The molecule has 0 N–H and O–H groups in total. The molecule has 0 saturated carbocycles. The first kappa shape index (κ1) is 23.8. The van der Waals surface area contributed by atoms with Gasteiger partial charge in [-0.25, -0.2) is 0 Å². The number of rotatable bonds is 7. The van der Waals surface area contributed by atoms with Gasteiger partial charge in [-0.15, -0.1) is 0 Å². The highest BCUT2D eigenvalue weighted by molar-refractivity contribution is 8.18. The fourth-order valence-electron chi connectivity index (χ4n) is 3.59. The van der Waals surface area contributed by atoms with Gasteiger partial charge in [0.1, 0.15) is 11.4 Å². The Morgan fingerprint density at radius 2 is 1.76 bits per heavy atom. The van der Waals surface area contributed by atoms with E-state index in [0.717, 1.165) is 29.5 Å². The Labute approximate surface area is 201 Å². The van der Waals surface area contributed by atoms with Crippen LogP contribution in [0.25, 0.3) is 6.08 Å². The SMILES string of the molecule is COc1ccc(/C=C2\SC(=O)N(CC(=O)N3CCCC3)C2=O)cc1OS(=O)(=O)c1ccccc1. The number of hydrogen-bond donors (Lipinski definition) is 0. The maximum absolute atomic E-state index is 12.8. The van der Waals surface area contributed by atoms with Gasteiger partial charge >= 0.3 is 10.1 Å². The van der Waals surface area contributed by atoms with E-state index in [0.29, 0.717) is 18.7 Å². The minimum Gasteiger partial charge on any atom is -0.493 e. The predicted molar refractivity (Wildman–Crippen MR) is 126 cm³/mol. The average molecular weight is 503 g/mol. The van der Waals surface area contributed by atoms with E-state index in [2.05, 4.69) is 0 Å². The van der Waals surface area contributed by atoms with Gasteiger partial charge in [-0.05, 0) is 60.5 Å². The first-order valence-corrected chi connectivity index (χ1v) is 12.7. The van der Waals surface area contributed by atoms with Gasteiger partial charge in [0, 0.05) is 13.1 Å². The third kappa shape index (κ3) is 5.10. The van der Waals surface area contributed by atoms with Crippen LogP contribution in [0.5, 0.6) is 11.5 Å². The maximum atomic E-state index is 12.8. The molecular formula is C23H22N2O7S2. The predicted octanol–water partition coefficient (Wildman–Crippen LogP) is 3.12. The van der Waals surface area contributed by atoms with E-state index in [9.17, 15) is 22.8 Å². The molecule has 4 rings (SSSR count). The van der Waals surface area contributed by atoms with E-state index >= 15 is 0 Å². The summed E-state index contributed by atoms with van der Waals surface area (Å²) in [6.45, 7) is 0.963. The van der Waals surface area contributed by atoms with Crippen LogP contribution in [0.15, 0.2) is 58.3 Å². The smallest absolute Gasteiger partial charge is 0.339 e. The first-order valence-electron chi connectivity index (χ1n) is 10.5. The van der Waals surface area contributed by atoms with Crippen LogP contribution < -0.4 is 8.92 Å². The summed E-state index contributed by atoms with van der Waals surface area (Å²) in [4.78, 5) is 40.2. The van der Waals surface area contributed by atoms with Crippen LogP contribution in [0.3, 0.4) is 0 Å². The molecule has 9 nitrogen and oxygen atoms in total. The van der Waals surface area contributed by atoms with Crippen LogP contribution in [0, 0.1) is 0 Å². The Balaban J connectivity index is 1.55. The third-order valence-corrected chi connectivity index (χ3v) is 7.50. The second kappa shape index (κ2) is 9.90. The fraction of sp³-hybridized carbons (Fsp3) is 0.261. The van der Waals surface area contributed by atoms with Crippen molar-refractivity contribution < 1.29 is 31.7 Å². The molecule has 0 atom stereocenters. The third-order valence-electron chi connectivity index (χ3n) is 5.34. The van der Waals surface area contributed by atoms with Crippen molar-refractivity contribution in [2.24, 2.45) is 0 Å². The minimum atomic E-state index is -4.12. The second-order valence-corrected chi connectivity index (χ2v) is 10.2. The molecule has 2 heterocycles. The summed E-state index contributed by atoms with van der Waals surface area (Å²) in [5.74, 6) is -0.713.